The van der Waals surface area contributed by atoms with Gasteiger partial charge in [-0.25, -0.2) is 14.4 Å². The summed E-state index contributed by atoms with van der Waals surface area (Å²) in [5.74, 6) is 0.460. The van der Waals surface area contributed by atoms with Crippen molar-refractivity contribution in [2.75, 3.05) is 23.3 Å². The van der Waals surface area contributed by atoms with E-state index in [9.17, 15) is 9.18 Å². The molecule has 0 aliphatic rings. The summed E-state index contributed by atoms with van der Waals surface area (Å²) < 4.78 is 13.1. The minimum Gasteiger partial charge on any atom is -0.357 e. The van der Waals surface area contributed by atoms with Crippen molar-refractivity contribution in [1.29, 1.82) is 0 Å². The van der Waals surface area contributed by atoms with Crippen LogP contribution in [0.5, 0.6) is 0 Å². The molecule has 1 aromatic heterocycles. The zero-order valence-corrected chi connectivity index (χ0v) is 15.3. The Balaban J connectivity index is 1.98. The van der Waals surface area contributed by atoms with Crippen molar-refractivity contribution in [3.05, 3.63) is 72.2 Å². The average molecular weight is 364 g/mol. The molecule has 0 atom stereocenters. The second kappa shape index (κ2) is 8.40. The molecule has 0 aliphatic heterocycles. The fraction of sp³-hybridized carbons (Fsp3) is 0.190. The molecule has 0 unspecified atom stereocenters. The number of halogens is 1. The summed E-state index contributed by atoms with van der Waals surface area (Å²) in [5, 5.41) is 2.75. The van der Waals surface area contributed by atoms with Gasteiger partial charge in [-0.15, -0.1) is 0 Å². The van der Waals surface area contributed by atoms with Crippen LogP contribution in [0.3, 0.4) is 0 Å². The smallest absolute Gasteiger partial charge is 0.274 e. The summed E-state index contributed by atoms with van der Waals surface area (Å²) in [6.45, 7) is 5.60. The molecule has 138 valence electrons. The molecule has 6 heteroatoms. The van der Waals surface area contributed by atoms with Crippen LogP contribution in [0.2, 0.25) is 0 Å². The van der Waals surface area contributed by atoms with Crippen LogP contribution in [-0.4, -0.2) is 29.0 Å². The molecule has 1 N–H and O–H groups in total. The number of amides is 1. The van der Waals surface area contributed by atoms with Crippen LogP contribution in [0.15, 0.2) is 60.7 Å². The molecule has 0 saturated carbocycles. The molecular formula is C21H21FN4O. The second-order valence-corrected chi connectivity index (χ2v) is 5.93. The highest BCUT2D eigenvalue weighted by Crippen LogP contribution is 2.21. The first-order valence-corrected chi connectivity index (χ1v) is 8.87. The summed E-state index contributed by atoms with van der Waals surface area (Å²) in [6, 6.07) is 16.8. The lowest BCUT2D eigenvalue weighted by Crippen LogP contribution is -2.24. The van der Waals surface area contributed by atoms with Crippen molar-refractivity contribution in [3.63, 3.8) is 0 Å². The predicted octanol–water partition coefficient (Wildman–Crippen LogP) is 4.38. The average Bonchev–Trinajstić information content (AvgIpc) is 2.71. The number of hydrogen-bond donors (Lipinski definition) is 1. The molecule has 1 heterocycles. The van der Waals surface area contributed by atoms with E-state index in [2.05, 4.69) is 20.2 Å². The lowest BCUT2D eigenvalue weighted by molar-refractivity contribution is 0.102. The molecule has 0 fully saturated rings. The monoisotopic (exact) mass is 364 g/mol. The van der Waals surface area contributed by atoms with Crippen LogP contribution in [0, 0.1) is 5.82 Å². The van der Waals surface area contributed by atoms with E-state index in [0.717, 1.165) is 18.7 Å². The number of aromatic nitrogens is 2. The van der Waals surface area contributed by atoms with Gasteiger partial charge in [-0.3, -0.25) is 4.79 Å². The fourth-order valence-electron chi connectivity index (χ4n) is 2.71. The van der Waals surface area contributed by atoms with Gasteiger partial charge in [-0.1, -0.05) is 30.3 Å². The number of nitrogens with one attached hydrogen (secondary N) is 1. The SMILES string of the molecule is CCN(CC)c1cc(C(=O)Nc2ccc(F)cc2)nc(-c2ccccc2)n1. The minimum absolute atomic E-state index is 0.259. The van der Waals surface area contributed by atoms with Crippen LogP contribution in [-0.2, 0) is 0 Å². The van der Waals surface area contributed by atoms with Gasteiger partial charge < -0.3 is 10.2 Å². The summed E-state index contributed by atoms with van der Waals surface area (Å²) >= 11 is 0. The van der Waals surface area contributed by atoms with Crippen molar-refractivity contribution < 1.29 is 9.18 Å². The largest absolute Gasteiger partial charge is 0.357 e. The quantitative estimate of drug-likeness (QED) is 0.705. The molecule has 3 rings (SSSR count). The molecular weight excluding hydrogens is 343 g/mol. The minimum atomic E-state index is -0.366. The van der Waals surface area contributed by atoms with Gasteiger partial charge in [0.05, 0.1) is 0 Å². The van der Waals surface area contributed by atoms with E-state index < -0.39 is 0 Å². The summed E-state index contributed by atoms with van der Waals surface area (Å²) in [5.41, 5.74) is 1.60. The highest BCUT2D eigenvalue weighted by atomic mass is 19.1. The number of carbonyl (C=O) groups excluding carboxylic acids is 1. The third kappa shape index (κ3) is 4.47. The predicted molar refractivity (Wildman–Crippen MR) is 105 cm³/mol. The van der Waals surface area contributed by atoms with Crippen molar-refractivity contribution in [2.45, 2.75) is 13.8 Å². The van der Waals surface area contributed by atoms with Crippen molar-refractivity contribution in [2.24, 2.45) is 0 Å². The van der Waals surface area contributed by atoms with Gasteiger partial charge in [0, 0.05) is 30.4 Å². The van der Waals surface area contributed by atoms with Crippen LogP contribution in [0.4, 0.5) is 15.9 Å². The third-order valence-corrected chi connectivity index (χ3v) is 4.17. The Bertz CT molecular complexity index is 909. The Kier molecular flexibility index (Phi) is 5.76. The van der Waals surface area contributed by atoms with Crippen molar-refractivity contribution in [1.82, 2.24) is 9.97 Å². The Morgan fingerprint density at radius 3 is 2.30 bits per heavy atom. The molecule has 0 saturated heterocycles. The first-order chi connectivity index (χ1) is 13.1. The second-order valence-electron chi connectivity index (χ2n) is 5.93. The maximum Gasteiger partial charge on any atom is 0.274 e. The van der Waals surface area contributed by atoms with Crippen LogP contribution in [0.25, 0.3) is 11.4 Å². The number of rotatable bonds is 6. The lowest BCUT2D eigenvalue weighted by atomic mass is 10.2. The highest BCUT2D eigenvalue weighted by molar-refractivity contribution is 6.03. The van der Waals surface area contributed by atoms with E-state index >= 15 is 0 Å². The molecule has 0 bridgehead atoms. The lowest BCUT2D eigenvalue weighted by Gasteiger charge is -2.21. The van der Waals surface area contributed by atoms with E-state index in [1.165, 1.54) is 24.3 Å². The zero-order chi connectivity index (χ0) is 19.2. The Morgan fingerprint density at radius 2 is 1.67 bits per heavy atom. The number of anilines is 2. The van der Waals surface area contributed by atoms with Crippen LogP contribution in [0.1, 0.15) is 24.3 Å². The Hall–Kier alpha value is -3.28. The topological polar surface area (TPSA) is 58.1 Å². The van der Waals surface area contributed by atoms with Gasteiger partial charge in [0.2, 0.25) is 0 Å². The summed E-state index contributed by atoms with van der Waals surface area (Å²) in [4.78, 5) is 23.9. The van der Waals surface area contributed by atoms with Crippen LogP contribution < -0.4 is 10.2 Å². The number of nitrogens with zero attached hydrogens (tertiary/aromatic N) is 3. The van der Waals surface area contributed by atoms with E-state index in [0.29, 0.717) is 17.3 Å². The van der Waals surface area contributed by atoms with Gasteiger partial charge in [-0.05, 0) is 38.1 Å². The summed E-state index contributed by atoms with van der Waals surface area (Å²) in [7, 11) is 0. The first-order valence-electron chi connectivity index (χ1n) is 8.87. The summed E-state index contributed by atoms with van der Waals surface area (Å²) in [6.07, 6.45) is 0. The number of benzene rings is 2. The van der Waals surface area contributed by atoms with Gasteiger partial charge in [0.15, 0.2) is 5.82 Å². The highest BCUT2D eigenvalue weighted by Gasteiger charge is 2.16. The first kappa shape index (κ1) is 18.5. The zero-order valence-electron chi connectivity index (χ0n) is 15.3. The van der Waals surface area contributed by atoms with Gasteiger partial charge >= 0.3 is 0 Å². The van der Waals surface area contributed by atoms with Gasteiger partial charge in [0.1, 0.15) is 17.3 Å². The van der Waals surface area contributed by atoms with Gasteiger partial charge in [-0.2, -0.15) is 0 Å². The molecule has 0 radical (unpaired) electrons. The molecule has 1 amide bonds. The Labute approximate surface area is 157 Å². The fourth-order valence-corrected chi connectivity index (χ4v) is 2.71. The van der Waals surface area contributed by atoms with Crippen molar-refractivity contribution >= 4 is 17.4 Å². The normalized spacial score (nSPS) is 10.5. The van der Waals surface area contributed by atoms with E-state index in [4.69, 9.17) is 0 Å². The standard InChI is InChI=1S/C21H21FN4O/c1-3-26(4-2)19-14-18(21(27)23-17-12-10-16(22)11-13-17)24-20(25-19)15-8-6-5-7-9-15/h5-14H,3-4H2,1-2H3,(H,23,27). The van der Waals surface area contributed by atoms with Crippen molar-refractivity contribution in [3.8, 4) is 11.4 Å². The molecule has 2 aromatic carbocycles. The molecule has 3 aromatic rings. The van der Waals surface area contributed by atoms with E-state index in [1.807, 2.05) is 44.2 Å². The molecule has 0 spiro atoms. The van der Waals surface area contributed by atoms with Gasteiger partial charge in [0.25, 0.3) is 5.91 Å². The van der Waals surface area contributed by atoms with Crippen LogP contribution >= 0.6 is 0 Å². The maximum absolute atomic E-state index is 13.1. The Morgan fingerprint density at radius 1 is 1.00 bits per heavy atom. The third-order valence-electron chi connectivity index (χ3n) is 4.17. The van der Waals surface area contributed by atoms with E-state index in [-0.39, 0.29) is 17.4 Å². The molecule has 27 heavy (non-hydrogen) atoms. The maximum atomic E-state index is 13.1. The molecule has 5 nitrogen and oxygen atoms in total. The van der Waals surface area contributed by atoms with E-state index in [1.54, 1.807) is 6.07 Å². The molecule has 0 aliphatic carbocycles. The number of carbonyl (C=O) groups is 1. The number of hydrogen-bond acceptors (Lipinski definition) is 4.